The van der Waals surface area contributed by atoms with E-state index >= 15 is 0 Å². The first-order chi connectivity index (χ1) is 9.33. The molecular weight excluding hydrogens is 339 g/mol. The lowest BCUT2D eigenvalue weighted by atomic mass is 9.54. The zero-order valence-electron chi connectivity index (χ0n) is 10.9. The molecule has 0 aromatic carbocycles. The number of alkyl halides is 3. The molecule has 0 saturated heterocycles. The van der Waals surface area contributed by atoms with Gasteiger partial charge in [0.05, 0.1) is 0 Å². The summed E-state index contributed by atoms with van der Waals surface area (Å²) >= 11 is 21.7. The number of thiocarbonyl (C=S) groups is 1. The van der Waals surface area contributed by atoms with Crippen LogP contribution >= 0.6 is 47.0 Å². The summed E-state index contributed by atoms with van der Waals surface area (Å²) in [4.78, 5) is 11.6. The molecule has 4 fully saturated rings. The Hall–Kier alpha value is 0.230. The van der Waals surface area contributed by atoms with E-state index in [2.05, 4.69) is 10.6 Å². The molecule has 20 heavy (non-hydrogen) atoms. The third kappa shape index (κ3) is 3.03. The fourth-order valence-corrected chi connectivity index (χ4v) is 4.89. The van der Waals surface area contributed by atoms with Gasteiger partial charge in [0.1, 0.15) is 0 Å². The first-order valence-electron chi connectivity index (χ1n) is 7.01. The van der Waals surface area contributed by atoms with Gasteiger partial charge in [-0.1, -0.05) is 34.8 Å². The largest absolute Gasteiger partial charge is 0.359 e. The number of halogens is 3. The lowest BCUT2D eigenvalue weighted by Gasteiger charge is -2.54. The Morgan fingerprint density at radius 2 is 1.50 bits per heavy atom. The van der Waals surface area contributed by atoms with E-state index in [1.165, 1.54) is 32.1 Å². The van der Waals surface area contributed by atoms with Crippen LogP contribution in [-0.2, 0) is 4.79 Å². The van der Waals surface area contributed by atoms with Crippen LogP contribution in [0.1, 0.15) is 32.1 Å². The Morgan fingerprint density at radius 3 is 1.95 bits per heavy atom. The summed E-state index contributed by atoms with van der Waals surface area (Å²) in [6, 6.07) is 0.367. The molecule has 0 atom stereocenters. The molecule has 3 nitrogen and oxygen atoms in total. The van der Waals surface area contributed by atoms with E-state index in [1.54, 1.807) is 0 Å². The highest BCUT2D eigenvalue weighted by molar-refractivity contribution is 7.80. The second-order valence-electron chi connectivity index (χ2n) is 6.38. The number of nitrogens with one attached hydrogen (secondary N) is 2. The Morgan fingerprint density at radius 1 is 1.00 bits per heavy atom. The Bertz CT molecular complexity index is 410. The molecular formula is C13H17Cl3N2OS. The lowest BCUT2D eigenvalue weighted by Crippen LogP contribution is -2.58. The van der Waals surface area contributed by atoms with Crippen molar-refractivity contribution in [2.24, 2.45) is 23.7 Å². The van der Waals surface area contributed by atoms with Gasteiger partial charge in [0.25, 0.3) is 9.70 Å². The standard InChI is InChI=1S/C13H17Cl3N2OS/c14-13(15,16)11(19)18-12(20)17-10-8-2-6-1-7(4-8)5-9(10)3-6/h6-10H,1-5H2,(H2,17,18,19,20). The zero-order valence-corrected chi connectivity index (χ0v) is 14.0. The Balaban J connectivity index is 1.58. The van der Waals surface area contributed by atoms with Crippen LogP contribution in [0.3, 0.4) is 0 Å². The van der Waals surface area contributed by atoms with Crippen LogP contribution in [0.4, 0.5) is 0 Å². The Kier molecular flexibility index (Phi) is 4.13. The van der Waals surface area contributed by atoms with Crippen LogP contribution in [0, 0.1) is 23.7 Å². The minimum atomic E-state index is -1.98. The Labute approximate surface area is 139 Å². The summed E-state index contributed by atoms with van der Waals surface area (Å²) in [5.74, 6) is 2.45. The minimum absolute atomic E-state index is 0.277. The van der Waals surface area contributed by atoms with Gasteiger partial charge in [0.2, 0.25) is 0 Å². The molecule has 7 heteroatoms. The van der Waals surface area contributed by atoms with E-state index in [9.17, 15) is 4.79 Å². The van der Waals surface area contributed by atoms with E-state index in [4.69, 9.17) is 47.0 Å². The molecule has 0 aromatic heterocycles. The summed E-state index contributed by atoms with van der Waals surface area (Å²) < 4.78 is -1.98. The molecule has 0 aliphatic heterocycles. The maximum atomic E-state index is 11.6. The summed E-state index contributed by atoms with van der Waals surface area (Å²) in [5.41, 5.74) is 0. The van der Waals surface area contributed by atoms with Crippen molar-refractivity contribution in [1.29, 1.82) is 0 Å². The van der Waals surface area contributed by atoms with Gasteiger partial charge < -0.3 is 5.32 Å². The van der Waals surface area contributed by atoms with Gasteiger partial charge in [0, 0.05) is 6.04 Å². The quantitative estimate of drug-likeness (QED) is 0.561. The normalized spacial score (nSPS) is 38.6. The highest BCUT2D eigenvalue weighted by atomic mass is 35.6. The van der Waals surface area contributed by atoms with Crippen LogP contribution in [-0.4, -0.2) is 20.9 Å². The highest BCUT2D eigenvalue weighted by Crippen LogP contribution is 2.53. The van der Waals surface area contributed by atoms with Crippen LogP contribution < -0.4 is 10.6 Å². The van der Waals surface area contributed by atoms with Gasteiger partial charge >= 0.3 is 0 Å². The minimum Gasteiger partial charge on any atom is -0.359 e. The summed E-state index contributed by atoms with van der Waals surface area (Å²) in [7, 11) is 0. The van der Waals surface area contributed by atoms with Crippen molar-refractivity contribution in [1.82, 2.24) is 10.6 Å². The van der Waals surface area contributed by atoms with Crippen molar-refractivity contribution in [2.45, 2.75) is 41.9 Å². The highest BCUT2D eigenvalue weighted by Gasteiger charge is 2.48. The predicted octanol–water partition coefficient (Wildman–Crippen LogP) is 3.17. The molecule has 4 rings (SSSR count). The number of carbonyl (C=O) groups excluding carboxylic acids is 1. The molecule has 4 saturated carbocycles. The molecule has 4 aliphatic carbocycles. The number of hydrogen-bond acceptors (Lipinski definition) is 2. The fraction of sp³-hybridized carbons (Fsp3) is 0.846. The van der Waals surface area contributed by atoms with Crippen LogP contribution in [0.15, 0.2) is 0 Å². The van der Waals surface area contributed by atoms with E-state index in [0.29, 0.717) is 17.9 Å². The van der Waals surface area contributed by atoms with Crippen molar-refractivity contribution in [3.63, 3.8) is 0 Å². The molecule has 0 unspecified atom stereocenters. The van der Waals surface area contributed by atoms with Crippen molar-refractivity contribution in [3.05, 3.63) is 0 Å². The van der Waals surface area contributed by atoms with Crippen LogP contribution in [0.25, 0.3) is 0 Å². The average molecular weight is 356 g/mol. The van der Waals surface area contributed by atoms with E-state index < -0.39 is 9.70 Å². The molecule has 0 spiro atoms. The maximum Gasteiger partial charge on any atom is 0.278 e. The van der Waals surface area contributed by atoms with Crippen LogP contribution in [0.2, 0.25) is 0 Å². The summed E-state index contributed by atoms with van der Waals surface area (Å²) in [5, 5.41) is 6.03. The molecule has 0 heterocycles. The second kappa shape index (κ2) is 5.45. The number of amides is 1. The molecule has 112 valence electrons. The van der Waals surface area contributed by atoms with E-state index in [0.717, 1.165) is 11.8 Å². The van der Waals surface area contributed by atoms with Crippen molar-refractivity contribution in [2.75, 3.05) is 0 Å². The summed E-state index contributed by atoms with van der Waals surface area (Å²) in [6.07, 6.45) is 6.54. The molecule has 4 aliphatic rings. The molecule has 0 radical (unpaired) electrons. The van der Waals surface area contributed by atoms with Gasteiger partial charge in [-0.3, -0.25) is 10.1 Å². The number of hydrogen-bond donors (Lipinski definition) is 2. The molecule has 4 bridgehead atoms. The fourth-order valence-electron chi connectivity index (χ4n) is 4.52. The van der Waals surface area contributed by atoms with Gasteiger partial charge in [-0.25, -0.2) is 0 Å². The SMILES string of the molecule is O=C(NC(=S)NC1C2CC3CC(C2)CC1C3)C(Cl)(Cl)Cl. The average Bonchev–Trinajstić information content (AvgIpc) is 2.31. The van der Waals surface area contributed by atoms with E-state index in [1.807, 2.05) is 0 Å². The first-order valence-corrected chi connectivity index (χ1v) is 8.56. The zero-order chi connectivity index (χ0) is 14.5. The smallest absolute Gasteiger partial charge is 0.278 e. The third-order valence-electron chi connectivity index (χ3n) is 5.01. The molecule has 1 amide bonds. The van der Waals surface area contributed by atoms with Crippen molar-refractivity contribution >= 4 is 58.0 Å². The van der Waals surface area contributed by atoms with Crippen LogP contribution in [0.5, 0.6) is 0 Å². The van der Waals surface area contributed by atoms with E-state index in [-0.39, 0.29) is 5.11 Å². The first kappa shape index (κ1) is 15.1. The predicted molar refractivity (Wildman–Crippen MR) is 85.0 cm³/mol. The second-order valence-corrected chi connectivity index (χ2v) is 9.07. The maximum absolute atomic E-state index is 11.6. The van der Waals surface area contributed by atoms with Crippen molar-refractivity contribution < 1.29 is 4.79 Å². The van der Waals surface area contributed by atoms with Gasteiger partial charge in [-0.2, -0.15) is 0 Å². The topological polar surface area (TPSA) is 41.1 Å². The number of rotatable bonds is 1. The van der Waals surface area contributed by atoms with Crippen molar-refractivity contribution in [3.8, 4) is 0 Å². The molecule has 0 aromatic rings. The van der Waals surface area contributed by atoms with Gasteiger partial charge in [-0.05, 0) is 68.0 Å². The van der Waals surface area contributed by atoms with Gasteiger partial charge in [0.15, 0.2) is 5.11 Å². The van der Waals surface area contributed by atoms with Gasteiger partial charge in [-0.15, -0.1) is 0 Å². The molecule has 2 N–H and O–H groups in total. The monoisotopic (exact) mass is 354 g/mol. The number of carbonyl (C=O) groups is 1. The summed E-state index contributed by atoms with van der Waals surface area (Å²) in [6.45, 7) is 0. The lowest BCUT2D eigenvalue weighted by molar-refractivity contribution is -0.118. The third-order valence-corrected chi connectivity index (χ3v) is 5.74.